The van der Waals surface area contributed by atoms with Crippen molar-refractivity contribution in [3.8, 4) is 28.8 Å². The van der Waals surface area contributed by atoms with Gasteiger partial charge in [0.1, 0.15) is 34.3 Å². The van der Waals surface area contributed by atoms with Crippen molar-refractivity contribution in [2.75, 3.05) is 18.9 Å². The fourth-order valence-electron chi connectivity index (χ4n) is 3.40. The van der Waals surface area contributed by atoms with Crippen LogP contribution in [0.5, 0.6) is 11.5 Å². The molecule has 36 heavy (non-hydrogen) atoms. The molecule has 0 aliphatic carbocycles. The van der Waals surface area contributed by atoms with E-state index in [2.05, 4.69) is 24.9 Å². The van der Waals surface area contributed by atoms with Crippen molar-refractivity contribution in [1.82, 2.24) is 24.7 Å². The summed E-state index contributed by atoms with van der Waals surface area (Å²) in [6, 6.07) is 8.40. The minimum Gasteiger partial charge on any atom is -0.494 e. The summed E-state index contributed by atoms with van der Waals surface area (Å²) in [5, 5.41) is 17.3. The number of hydrogen-bond acceptors (Lipinski definition) is 10. The Kier molecular flexibility index (Phi) is 6.90. The van der Waals surface area contributed by atoms with Gasteiger partial charge in [-0.3, -0.25) is 9.29 Å². The molecule has 0 saturated heterocycles. The molecule has 12 nitrogen and oxygen atoms in total. The van der Waals surface area contributed by atoms with Gasteiger partial charge in [-0.15, -0.1) is 10.2 Å². The standard InChI is InChI=1S/C22H23FN6O6S/c1-12-8-9-17(35-12)21-26-27-22(29(21)18-15(33-3)6-5-7-16(18)34-4)28-36(31,32)13(2)19(30)20-24-10-14(23)11-25-20/h5-11,13,19,30H,1-4H3,(H,27,28)/t13-,19+/m1/s1. The van der Waals surface area contributed by atoms with E-state index in [-0.39, 0.29) is 17.6 Å². The van der Waals surface area contributed by atoms with Crippen LogP contribution in [0, 0.1) is 12.7 Å². The van der Waals surface area contributed by atoms with Gasteiger partial charge in [0.25, 0.3) is 0 Å². The molecule has 4 aromatic rings. The molecule has 14 heteroatoms. The molecule has 190 valence electrons. The summed E-state index contributed by atoms with van der Waals surface area (Å²) in [5.41, 5.74) is 0.310. The van der Waals surface area contributed by atoms with Gasteiger partial charge >= 0.3 is 0 Å². The molecule has 0 radical (unpaired) electrons. The third-order valence-electron chi connectivity index (χ3n) is 5.32. The molecule has 4 rings (SSSR count). The summed E-state index contributed by atoms with van der Waals surface area (Å²) in [4.78, 5) is 7.34. The number of benzene rings is 1. The minimum absolute atomic E-state index is 0.165. The van der Waals surface area contributed by atoms with Gasteiger partial charge in [0.15, 0.2) is 17.4 Å². The highest BCUT2D eigenvalue weighted by molar-refractivity contribution is 7.93. The quantitative estimate of drug-likeness (QED) is 0.338. The van der Waals surface area contributed by atoms with Crippen molar-refractivity contribution >= 4 is 16.0 Å². The summed E-state index contributed by atoms with van der Waals surface area (Å²) < 4.78 is 60.1. The first-order valence-electron chi connectivity index (χ1n) is 10.6. The number of sulfonamides is 1. The smallest absolute Gasteiger partial charge is 0.243 e. The summed E-state index contributed by atoms with van der Waals surface area (Å²) in [7, 11) is -1.42. The predicted octanol–water partition coefficient (Wildman–Crippen LogP) is 2.65. The Morgan fingerprint density at radius 3 is 2.28 bits per heavy atom. The van der Waals surface area contributed by atoms with E-state index in [1.54, 1.807) is 37.3 Å². The average Bonchev–Trinajstić information content (AvgIpc) is 3.48. The van der Waals surface area contributed by atoms with E-state index in [1.807, 2.05) is 0 Å². The van der Waals surface area contributed by atoms with Gasteiger partial charge in [0, 0.05) is 0 Å². The number of methoxy groups -OCH3 is 2. The number of nitrogens with one attached hydrogen (secondary N) is 1. The maximum atomic E-state index is 13.3. The Hall–Kier alpha value is -4.04. The van der Waals surface area contributed by atoms with Crippen molar-refractivity contribution in [1.29, 1.82) is 0 Å². The van der Waals surface area contributed by atoms with Crippen molar-refractivity contribution in [3.63, 3.8) is 0 Å². The van der Waals surface area contributed by atoms with Crippen LogP contribution in [-0.4, -0.2) is 57.7 Å². The fourth-order valence-corrected chi connectivity index (χ4v) is 4.44. The molecule has 0 fully saturated rings. The third kappa shape index (κ3) is 4.72. The van der Waals surface area contributed by atoms with Crippen LogP contribution >= 0.6 is 0 Å². The Morgan fingerprint density at radius 1 is 1.08 bits per heavy atom. The van der Waals surface area contributed by atoms with Crippen LogP contribution < -0.4 is 14.2 Å². The largest absolute Gasteiger partial charge is 0.494 e. The second kappa shape index (κ2) is 9.91. The number of aryl methyl sites for hydroxylation is 1. The number of rotatable bonds is 9. The van der Waals surface area contributed by atoms with Gasteiger partial charge < -0.3 is 19.0 Å². The Bertz CT molecular complexity index is 1450. The first kappa shape index (κ1) is 25.1. The molecule has 0 saturated carbocycles. The normalized spacial score (nSPS) is 13.3. The third-order valence-corrected chi connectivity index (χ3v) is 7.03. The Labute approximate surface area is 205 Å². The highest BCUT2D eigenvalue weighted by Crippen LogP contribution is 2.38. The maximum Gasteiger partial charge on any atom is 0.243 e. The lowest BCUT2D eigenvalue weighted by Gasteiger charge is -2.20. The number of ether oxygens (including phenoxy) is 2. The molecule has 0 unspecified atom stereocenters. The molecule has 3 aromatic heterocycles. The molecule has 3 heterocycles. The van der Waals surface area contributed by atoms with Gasteiger partial charge in [-0.1, -0.05) is 6.07 Å². The monoisotopic (exact) mass is 518 g/mol. The number of anilines is 1. The molecule has 2 atom stereocenters. The molecule has 0 spiro atoms. The molecular weight excluding hydrogens is 495 g/mol. The van der Waals surface area contributed by atoms with Gasteiger partial charge in [0.05, 0.1) is 26.6 Å². The highest BCUT2D eigenvalue weighted by Gasteiger charge is 2.34. The van der Waals surface area contributed by atoms with Crippen LogP contribution in [-0.2, 0) is 10.0 Å². The zero-order valence-electron chi connectivity index (χ0n) is 19.7. The molecule has 0 bridgehead atoms. The van der Waals surface area contributed by atoms with Crippen molar-refractivity contribution < 1.29 is 31.8 Å². The number of para-hydroxylation sites is 1. The highest BCUT2D eigenvalue weighted by atomic mass is 32.2. The molecule has 2 N–H and O–H groups in total. The van der Waals surface area contributed by atoms with Crippen molar-refractivity contribution in [2.24, 2.45) is 0 Å². The van der Waals surface area contributed by atoms with E-state index in [1.165, 1.54) is 25.7 Å². The second-order valence-electron chi connectivity index (χ2n) is 7.66. The lowest BCUT2D eigenvalue weighted by atomic mass is 10.2. The van der Waals surface area contributed by atoms with Crippen LogP contribution in [0.3, 0.4) is 0 Å². The SMILES string of the molecule is COc1cccc(OC)c1-n1c(NS(=O)(=O)[C@H](C)[C@H](O)c2ncc(F)cn2)nnc1-c1ccc(C)o1. The number of hydrogen-bond donors (Lipinski definition) is 2. The minimum atomic E-state index is -4.31. The molecule has 0 amide bonds. The van der Waals surface area contributed by atoms with Gasteiger partial charge in [-0.25, -0.2) is 22.8 Å². The van der Waals surface area contributed by atoms with Crippen LogP contribution in [0.2, 0.25) is 0 Å². The van der Waals surface area contributed by atoms with Crippen LogP contribution in [0.25, 0.3) is 17.3 Å². The lowest BCUT2D eigenvalue weighted by molar-refractivity contribution is 0.166. The average molecular weight is 519 g/mol. The summed E-state index contributed by atoms with van der Waals surface area (Å²) in [6.07, 6.45) is 0.00796. The molecule has 0 aliphatic heterocycles. The van der Waals surface area contributed by atoms with Gasteiger partial charge in [-0.2, -0.15) is 0 Å². The number of furan rings is 1. The van der Waals surface area contributed by atoms with E-state index in [0.717, 1.165) is 12.4 Å². The fraction of sp³-hybridized carbons (Fsp3) is 0.273. The van der Waals surface area contributed by atoms with E-state index >= 15 is 0 Å². The lowest BCUT2D eigenvalue weighted by Crippen LogP contribution is -2.32. The Balaban J connectivity index is 1.81. The van der Waals surface area contributed by atoms with E-state index in [0.29, 0.717) is 28.7 Å². The van der Waals surface area contributed by atoms with E-state index < -0.39 is 27.2 Å². The Morgan fingerprint density at radius 2 is 1.72 bits per heavy atom. The van der Waals surface area contributed by atoms with Crippen LogP contribution in [0.4, 0.5) is 10.3 Å². The predicted molar refractivity (Wildman–Crippen MR) is 126 cm³/mol. The molecule has 0 aliphatic rings. The van der Waals surface area contributed by atoms with E-state index in [4.69, 9.17) is 13.9 Å². The molecular formula is C22H23FN6O6S. The maximum absolute atomic E-state index is 13.3. The molecule has 1 aromatic carbocycles. The van der Waals surface area contributed by atoms with Crippen LogP contribution in [0.15, 0.2) is 47.1 Å². The summed E-state index contributed by atoms with van der Waals surface area (Å²) >= 11 is 0. The topological polar surface area (TPSA) is 154 Å². The van der Waals surface area contributed by atoms with E-state index in [9.17, 15) is 17.9 Å². The number of aliphatic hydroxyl groups is 1. The number of aliphatic hydroxyl groups excluding tert-OH is 1. The summed E-state index contributed by atoms with van der Waals surface area (Å²) in [6.45, 7) is 3.00. The zero-order chi connectivity index (χ0) is 26.0. The number of aromatic nitrogens is 5. The zero-order valence-corrected chi connectivity index (χ0v) is 20.5. The summed E-state index contributed by atoms with van der Waals surface area (Å²) in [5.74, 6) is 0.558. The second-order valence-corrected chi connectivity index (χ2v) is 9.70. The van der Waals surface area contributed by atoms with Gasteiger partial charge in [-0.05, 0) is 38.1 Å². The van der Waals surface area contributed by atoms with Gasteiger partial charge in [0.2, 0.25) is 21.8 Å². The van der Waals surface area contributed by atoms with Crippen molar-refractivity contribution in [3.05, 3.63) is 60.1 Å². The number of nitrogens with zero attached hydrogens (tertiary/aromatic N) is 5. The first-order valence-corrected chi connectivity index (χ1v) is 12.1. The number of halogens is 1. The van der Waals surface area contributed by atoms with Crippen molar-refractivity contribution in [2.45, 2.75) is 25.2 Å². The first-order chi connectivity index (χ1) is 17.2. The van der Waals surface area contributed by atoms with Crippen LogP contribution in [0.1, 0.15) is 24.6 Å².